The number of guanidine groups is 1. The lowest BCUT2D eigenvalue weighted by molar-refractivity contribution is 0.213. The first-order chi connectivity index (χ1) is 10.3. The van der Waals surface area contributed by atoms with Crippen molar-refractivity contribution in [2.75, 3.05) is 33.7 Å². The van der Waals surface area contributed by atoms with Crippen LogP contribution in [0, 0.1) is 5.92 Å². The van der Waals surface area contributed by atoms with Gasteiger partial charge < -0.3 is 15.5 Å². The molecule has 0 spiro atoms. The van der Waals surface area contributed by atoms with Crippen LogP contribution in [-0.2, 0) is 6.54 Å². The molecule has 1 aliphatic heterocycles. The number of nitrogens with one attached hydrogen (secondary N) is 2. The van der Waals surface area contributed by atoms with E-state index in [2.05, 4.69) is 32.6 Å². The number of nitrogens with zero attached hydrogens (tertiary/aromatic N) is 3. The summed E-state index contributed by atoms with van der Waals surface area (Å²) in [5.41, 5.74) is 1.02. The van der Waals surface area contributed by atoms with E-state index >= 15 is 0 Å². The molecule has 0 aromatic carbocycles. The van der Waals surface area contributed by atoms with E-state index in [1.807, 2.05) is 31.4 Å². The Morgan fingerprint density at radius 3 is 2.73 bits per heavy atom. The maximum Gasteiger partial charge on any atom is 0.191 e. The summed E-state index contributed by atoms with van der Waals surface area (Å²) in [5, 5.41) is 6.69. The van der Waals surface area contributed by atoms with Crippen molar-refractivity contribution >= 4 is 29.9 Å². The summed E-state index contributed by atoms with van der Waals surface area (Å²) in [6.45, 7) is 4.15. The van der Waals surface area contributed by atoms with Gasteiger partial charge in [0, 0.05) is 19.8 Å². The molecule has 2 rings (SSSR count). The molecular weight excluding hydrogens is 389 g/mol. The second kappa shape index (κ2) is 10.8. The monoisotopic (exact) mass is 417 g/mol. The van der Waals surface area contributed by atoms with E-state index in [0.29, 0.717) is 6.54 Å². The number of pyridine rings is 1. The predicted molar refractivity (Wildman–Crippen MR) is 103 cm³/mol. The SMILES string of the molecule is CN=C(NCCC1CCN(C)CC1)NCc1ccccn1.I. The number of rotatable bonds is 5. The van der Waals surface area contributed by atoms with Gasteiger partial charge in [-0.1, -0.05) is 6.07 Å². The predicted octanol–water partition coefficient (Wildman–Crippen LogP) is 2.10. The Hall–Kier alpha value is -0.890. The molecule has 1 aromatic rings. The van der Waals surface area contributed by atoms with Gasteiger partial charge in [0.2, 0.25) is 0 Å². The van der Waals surface area contributed by atoms with Crippen LogP contribution in [0.25, 0.3) is 0 Å². The van der Waals surface area contributed by atoms with E-state index in [-0.39, 0.29) is 24.0 Å². The van der Waals surface area contributed by atoms with Gasteiger partial charge in [0.25, 0.3) is 0 Å². The second-order valence-electron chi connectivity index (χ2n) is 5.71. The molecule has 0 amide bonds. The van der Waals surface area contributed by atoms with Gasteiger partial charge in [0.05, 0.1) is 12.2 Å². The molecule has 0 radical (unpaired) electrons. The summed E-state index contributed by atoms with van der Waals surface area (Å²) in [6.07, 6.45) is 5.67. The largest absolute Gasteiger partial charge is 0.356 e. The Morgan fingerprint density at radius 2 is 2.09 bits per heavy atom. The highest BCUT2D eigenvalue weighted by Crippen LogP contribution is 2.18. The minimum atomic E-state index is 0. The molecule has 6 heteroatoms. The third-order valence-electron chi connectivity index (χ3n) is 4.07. The second-order valence-corrected chi connectivity index (χ2v) is 5.71. The van der Waals surface area contributed by atoms with Crippen LogP contribution in [0.1, 0.15) is 25.0 Å². The first-order valence-electron chi connectivity index (χ1n) is 7.81. The summed E-state index contributed by atoms with van der Waals surface area (Å²) in [4.78, 5) is 11.0. The number of aliphatic imine (C=N–C) groups is 1. The molecule has 0 saturated carbocycles. The van der Waals surface area contributed by atoms with Crippen LogP contribution in [0.5, 0.6) is 0 Å². The lowest BCUT2D eigenvalue weighted by Crippen LogP contribution is -2.38. The van der Waals surface area contributed by atoms with Crippen molar-refractivity contribution in [1.82, 2.24) is 20.5 Å². The van der Waals surface area contributed by atoms with Crippen LogP contribution >= 0.6 is 24.0 Å². The molecular formula is C16H28IN5. The summed E-state index contributed by atoms with van der Waals surface area (Å²) in [5.74, 6) is 1.70. The number of halogens is 1. The van der Waals surface area contributed by atoms with E-state index in [0.717, 1.165) is 24.1 Å². The molecule has 5 nitrogen and oxygen atoms in total. The lowest BCUT2D eigenvalue weighted by Gasteiger charge is -2.29. The van der Waals surface area contributed by atoms with E-state index < -0.39 is 0 Å². The van der Waals surface area contributed by atoms with Crippen molar-refractivity contribution in [3.63, 3.8) is 0 Å². The topological polar surface area (TPSA) is 52.6 Å². The van der Waals surface area contributed by atoms with Gasteiger partial charge in [0.15, 0.2) is 5.96 Å². The van der Waals surface area contributed by atoms with Gasteiger partial charge >= 0.3 is 0 Å². The van der Waals surface area contributed by atoms with Gasteiger partial charge in [-0.2, -0.15) is 0 Å². The maximum atomic E-state index is 4.30. The Bertz CT molecular complexity index is 429. The van der Waals surface area contributed by atoms with E-state index in [1.165, 1.54) is 32.4 Å². The Kier molecular flexibility index (Phi) is 9.38. The minimum Gasteiger partial charge on any atom is -0.356 e. The van der Waals surface area contributed by atoms with Gasteiger partial charge in [-0.3, -0.25) is 9.98 Å². The fourth-order valence-electron chi connectivity index (χ4n) is 2.64. The van der Waals surface area contributed by atoms with E-state index in [9.17, 15) is 0 Å². The molecule has 1 aliphatic rings. The molecule has 0 unspecified atom stereocenters. The molecule has 0 atom stereocenters. The average Bonchev–Trinajstić information content (AvgIpc) is 2.53. The van der Waals surface area contributed by atoms with Gasteiger partial charge in [0.1, 0.15) is 0 Å². The molecule has 124 valence electrons. The minimum absolute atomic E-state index is 0. The molecule has 22 heavy (non-hydrogen) atoms. The Balaban J connectivity index is 0.00000242. The highest BCUT2D eigenvalue weighted by atomic mass is 127. The molecule has 2 heterocycles. The molecule has 1 fully saturated rings. The number of likely N-dealkylation sites (tertiary alicyclic amines) is 1. The van der Waals surface area contributed by atoms with Crippen molar-refractivity contribution in [2.45, 2.75) is 25.8 Å². The van der Waals surface area contributed by atoms with Crippen LogP contribution < -0.4 is 10.6 Å². The first kappa shape index (κ1) is 19.2. The standard InChI is InChI=1S/C16H27N5.HI/c1-17-16(20-13-15-5-3-4-9-18-15)19-10-6-14-7-11-21(2)12-8-14;/h3-5,9,14H,6-8,10-13H2,1-2H3,(H2,17,19,20);1H. The molecule has 0 bridgehead atoms. The van der Waals surface area contributed by atoms with Gasteiger partial charge in [-0.25, -0.2) is 0 Å². The number of hydrogen-bond donors (Lipinski definition) is 2. The zero-order chi connectivity index (χ0) is 14.9. The highest BCUT2D eigenvalue weighted by Gasteiger charge is 2.16. The molecule has 2 N–H and O–H groups in total. The van der Waals surface area contributed by atoms with E-state index in [1.54, 1.807) is 0 Å². The van der Waals surface area contributed by atoms with Crippen molar-refractivity contribution in [2.24, 2.45) is 10.9 Å². The van der Waals surface area contributed by atoms with Crippen molar-refractivity contribution in [1.29, 1.82) is 0 Å². The smallest absolute Gasteiger partial charge is 0.191 e. The molecule has 0 aliphatic carbocycles. The van der Waals surface area contributed by atoms with Crippen LogP contribution in [0.2, 0.25) is 0 Å². The average molecular weight is 417 g/mol. The fraction of sp³-hybridized carbons (Fsp3) is 0.625. The van der Waals surface area contributed by atoms with Crippen LogP contribution in [0.4, 0.5) is 0 Å². The quantitative estimate of drug-likeness (QED) is 0.438. The molecule has 1 aromatic heterocycles. The third-order valence-corrected chi connectivity index (χ3v) is 4.07. The summed E-state index contributed by atoms with van der Waals surface area (Å²) in [6, 6.07) is 5.94. The van der Waals surface area contributed by atoms with Crippen molar-refractivity contribution in [3.8, 4) is 0 Å². The maximum absolute atomic E-state index is 4.30. The van der Waals surface area contributed by atoms with Crippen molar-refractivity contribution < 1.29 is 0 Å². The summed E-state index contributed by atoms with van der Waals surface area (Å²) < 4.78 is 0. The van der Waals surface area contributed by atoms with Gasteiger partial charge in [-0.15, -0.1) is 24.0 Å². The van der Waals surface area contributed by atoms with Crippen LogP contribution in [-0.4, -0.2) is 49.6 Å². The Morgan fingerprint density at radius 1 is 1.32 bits per heavy atom. The number of aromatic nitrogens is 1. The number of piperidine rings is 1. The highest BCUT2D eigenvalue weighted by molar-refractivity contribution is 14.0. The van der Waals surface area contributed by atoms with Crippen molar-refractivity contribution in [3.05, 3.63) is 30.1 Å². The normalized spacial score (nSPS) is 16.9. The molecule has 1 saturated heterocycles. The Labute approximate surface area is 151 Å². The number of hydrogen-bond acceptors (Lipinski definition) is 3. The zero-order valence-electron chi connectivity index (χ0n) is 13.6. The summed E-state index contributed by atoms with van der Waals surface area (Å²) >= 11 is 0. The first-order valence-corrected chi connectivity index (χ1v) is 7.81. The van der Waals surface area contributed by atoms with Crippen LogP contribution in [0.3, 0.4) is 0 Å². The van der Waals surface area contributed by atoms with Gasteiger partial charge in [-0.05, 0) is 57.5 Å². The third kappa shape index (κ3) is 6.91. The summed E-state index contributed by atoms with van der Waals surface area (Å²) in [7, 11) is 4.02. The zero-order valence-corrected chi connectivity index (χ0v) is 15.9. The van der Waals surface area contributed by atoms with E-state index in [4.69, 9.17) is 0 Å². The van der Waals surface area contributed by atoms with Crippen LogP contribution in [0.15, 0.2) is 29.4 Å². The lowest BCUT2D eigenvalue weighted by atomic mass is 9.94. The fourth-order valence-corrected chi connectivity index (χ4v) is 2.64.